The molecule has 0 amide bonds. The number of nitrogens with one attached hydrogen (secondary N) is 2. The van der Waals surface area contributed by atoms with Crippen LogP contribution in [0.4, 0.5) is 10.1 Å². The van der Waals surface area contributed by atoms with E-state index in [2.05, 4.69) is 15.7 Å². The lowest BCUT2D eigenvalue weighted by Crippen LogP contribution is -2.30. The fourth-order valence-electron chi connectivity index (χ4n) is 3.31. The Balaban J connectivity index is 1.57. The van der Waals surface area contributed by atoms with E-state index < -0.39 is 0 Å². The van der Waals surface area contributed by atoms with Crippen molar-refractivity contribution in [2.75, 3.05) is 26.1 Å². The second-order valence-electron chi connectivity index (χ2n) is 7.15. The van der Waals surface area contributed by atoms with Crippen LogP contribution in [0.15, 0.2) is 42.5 Å². The van der Waals surface area contributed by atoms with E-state index in [-0.39, 0.29) is 5.82 Å². The summed E-state index contributed by atoms with van der Waals surface area (Å²) in [5.41, 5.74) is 4.79. The maximum Gasteiger partial charge on any atom is 0.170 e. The van der Waals surface area contributed by atoms with Crippen LogP contribution in [0.5, 0.6) is 11.5 Å². The van der Waals surface area contributed by atoms with Crippen molar-refractivity contribution in [3.05, 3.63) is 70.8 Å². The lowest BCUT2D eigenvalue weighted by atomic mass is 10.1. The van der Waals surface area contributed by atoms with Crippen LogP contribution in [0.25, 0.3) is 0 Å². The maximum atomic E-state index is 13.1. The molecule has 0 bridgehead atoms. The van der Waals surface area contributed by atoms with Crippen molar-refractivity contribution in [3.8, 4) is 11.5 Å². The molecule has 31 heavy (non-hydrogen) atoms. The molecule has 1 aromatic heterocycles. The Labute approximate surface area is 187 Å². The van der Waals surface area contributed by atoms with E-state index in [1.807, 2.05) is 36.7 Å². The molecule has 0 saturated carbocycles. The molecule has 0 unspecified atom stereocenters. The number of methoxy groups -OCH3 is 2. The highest BCUT2D eigenvalue weighted by Gasteiger charge is 2.13. The Kier molecular flexibility index (Phi) is 7.46. The number of hydrogen-bond acceptors (Lipinski definition) is 4. The monoisotopic (exact) mass is 442 g/mol. The molecule has 0 aliphatic carbocycles. The molecule has 0 radical (unpaired) electrons. The number of hydrogen-bond donors (Lipinski definition) is 2. The Hall–Kier alpha value is -3.13. The molecule has 1 heterocycles. The highest BCUT2D eigenvalue weighted by molar-refractivity contribution is 7.80. The number of aryl methyl sites for hydroxylation is 1. The Morgan fingerprint density at radius 3 is 2.39 bits per heavy atom. The third kappa shape index (κ3) is 5.73. The highest BCUT2D eigenvalue weighted by Crippen LogP contribution is 2.27. The Bertz CT molecular complexity index is 1050. The van der Waals surface area contributed by atoms with Gasteiger partial charge in [0.15, 0.2) is 16.6 Å². The summed E-state index contributed by atoms with van der Waals surface area (Å²) in [4.78, 5) is 0. The van der Waals surface area contributed by atoms with E-state index in [4.69, 9.17) is 21.7 Å². The van der Waals surface area contributed by atoms with Crippen LogP contribution in [0.2, 0.25) is 0 Å². The van der Waals surface area contributed by atoms with Gasteiger partial charge in [-0.25, -0.2) is 4.39 Å². The summed E-state index contributed by atoms with van der Waals surface area (Å²) < 4.78 is 25.6. The first kappa shape index (κ1) is 22.6. The maximum absolute atomic E-state index is 13.1. The van der Waals surface area contributed by atoms with Gasteiger partial charge in [-0.05, 0) is 67.9 Å². The van der Waals surface area contributed by atoms with Crippen LogP contribution in [0.3, 0.4) is 0 Å². The summed E-state index contributed by atoms with van der Waals surface area (Å²) in [6.07, 6.45) is 0.782. The van der Waals surface area contributed by atoms with Crippen molar-refractivity contribution >= 4 is 23.0 Å². The average Bonchev–Trinajstić information content (AvgIpc) is 3.02. The van der Waals surface area contributed by atoms with Gasteiger partial charge in [-0.1, -0.05) is 18.2 Å². The molecule has 8 heteroatoms. The van der Waals surface area contributed by atoms with E-state index >= 15 is 0 Å². The van der Waals surface area contributed by atoms with E-state index in [0.29, 0.717) is 29.7 Å². The summed E-state index contributed by atoms with van der Waals surface area (Å²) in [7, 11) is 3.24. The number of halogens is 1. The minimum absolute atomic E-state index is 0.246. The first-order valence-corrected chi connectivity index (χ1v) is 10.4. The lowest BCUT2D eigenvalue weighted by Gasteiger charge is -2.12. The molecule has 0 fully saturated rings. The molecular weight excluding hydrogens is 415 g/mol. The standard InChI is InChI=1S/C23H27FN4O2S/c1-15-22(16(2)28(27-15)14-18-5-8-19(24)9-6-18)26-23(31)25-12-11-17-7-10-20(29-3)21(13-17)30-4/h5-10,13H,11-12,14H2,1-4H3,(H2,25,26,31). The smallest absolute Gasteiger partial charge is 0.170 e. The predicted octanol–water partition coefficient (Wildman–Crippen LogP) is 4.23. The zero-order valence-electron chi connectivity index (χ0n) is 18.2. The zero-order chi connectivity index (χ0) is 22.4. The Morgan fingerprint density at radius 2 is 1.71 bits per heavy atom. The van der Waals surface area contributed by atoms with Crippen molar-refractivity contribution in [2.24, 2.45) is 0 Å². The van der Waals surface area contributed by atoms with Gasteiger partial charge in [-0.2, -0.15) is 5.10 Å². The number of nitrogens with zero attached hydrogens (tertiary/aromatic N) is 2. The first-order valence-electron chi connectivity index (χ1n) is 9.95. The molecule has 0 spiro atoms. The van der Waals surface area contributed by atoms with Gasteiger partial charge in [-0.3, -0.25) is 4.68 Å². The van der Waals surface area contributed by atoms with Crippen LogP contribution in [-0.4, -0.2) is 35.7 Å². The van der Waals surface area contributed by atoms with Gasteiger partial charge < -0.3 is 20.1 Å². The fraction of sp³-hybridized carbons (Fsp3) is 0.304. The number of anilines is 1. The van der Waals surface area contributed by atoms with Crippen LogP contribution in [0.1, 0.15) is 22.5 Å². The third-order valence-electron chi connectivity index (χ3n) is 5.01. The topological polar surface area (TPSA) is 60.3 Å². The quantitative estimate of drug-likeness (QED) is 0.509. The second-order valence-corrected chi connectivity index (χ2v) is 7.56. The summed E-state index contributed by atoms with van der Waals surface area (Å²) in [6.45, 7) is 5.15. The van der Waals surface area contributed by atoms with E-state index in [9.17, 15) is 4.39 Å². The first-order chi connectivity index (χ1) is 14.9. The largest absolute Gasteiger partial charge is 0.493 e. The number of rotatable bonds is 8. The van der Waals surface area contributed by atoms with Gasteiger partial charge in [0.1, 0.15) is 5.82 Å². The average molecular weight is 443 g/mol. The minimum Gasteiger partial charge on any atom is -0.493 e. The van der Waals surface area contributed by atoms with Crippen LogP contribution >= 0.6 is 12.2 Å². The normalized spacial score (nSPS) is 10.6. The van der Waals surface area contributed by atoms with Crippen LogP contribution in [-0.2, 0) is 13.0 Å². The van der Waals surface area contributed by atoms with Crippen molar-refractivity contribution in [1.82, 2.24) is 15.1 Å². The molecule has 2 aromatic carbocycles. The van der Waals surface area contributed by atoms with Crippen molar-refractivity contribution in [3.63, 3.8) is 0 Å². The SMILES string of the molecule is COc1ccc(CCNC(=S)Nc2c(C)nn(Cc3ccc(F)cc3)c2C)cc1OC. The molecular formula is C23H27FN4O2S. The van der Waals surface area contributed by atoms with Gasteiger partial charge >= 0.3 is 0 Å². The summed E-state index contributed by atoms with van der Waals surface area (Å²) in [5, 5.41) is 11.6. The second kappa shape index (κ2) is 10.3. The number of ether oxygens (including phenoxy) is 2. The highest BCUT2D eigenvalue weighted by atomic mass is 32.1. The molecule has 0 atom stereocenters. The van der Waals surface area contributed by atoms with Gasteiger partial charge in [0.2, 0.25) is 0 Å². The predicted molar refractivity (Wildman–Crippen MR) is 125 cm³/mol. The zero-order valence-corrected chi connectivity index (χ0v) is 19.0. The molecule has 164 valence electrons. The van der Waals surface area contributed by atoms with E-state index in [0.717, 1.165) is 34.6 Å². The molecule has 0 saturated heterocycles. The van der Waals surface area contributed by atoms with E-state index in [1.54, 1.807) is 26.4 Å². The Morgan fingerprint density at radius 1 is 1.03 bits per heavy atom. The van der Waals surface area contributed by atoms with Gasteiger partial charge in [0.05, 0.1) is 37.8 Å². The van der Waals surface area contributed by atoms with Gasteiger partial charge in [-0.15, -0.1) is 0 Å². The molecule has 3 rings (SSSR count). The lowest BCUT2D eigenvalue weighted by molar-refractivity contribution is 0.354. The van der Waals surface area contributed by atoms with Gasteiger partial charge in [0.25, 0.3) is 0 Å². The molecule has 6 nitrogen and oxygen atoms in total. The number of benzene rings is 2. The minimum atomic E-state index is -0.246. The van der Waals surface area contributed by atoms with E-state index in [1.165, 1.54) is 12.1 Å². The molecule has 0 aliphatic rings. The molecule has 2 N–H and O–H groups in total. The van der Waals surface area contributed by atoms with Crippen molar-refractivity contribution in [1.29, 1.82) is 0 Å². The third-order valence-corrected chi connectivity index (χ3v) is 5.26. The fourth-order valence-corrected chi connectivity index (χ4v) is 3.51. The van der Waals surface area contributed by atoms with Crippen LogP contribution < -0.4 is 20.1 Å². The van der Waals surface area contributed by atoms with Gasteiger partial charge in [0, 0.05) is 6.54 Å². The summed E-state index contributed by atoms with van der Waals surface area (Å²) >= 11 is 5.47. The van der Waals surface area contributed by atoms with Crippen molar-refractivity contribution < 1.29 is 13.9 Å². The summed E-state index contributed by atoms with van der Waals surface area (Å²) in [5.74, 6) is 1.17. The number of aromatic nitrogens is 2. The molecule has 0 aliphatic heterocycles. The van der Waals surface area contributed by atoms with Crippen LogP contribution in [0, 0.1) is 19.7 Å². The molecule has 3 aromatic rings. The number of thiocarbonyl (C=S) groups is 1. The summed E-state index contributed by atoms with van der Waals surface area (Å²) in [6, 6.07) is 12.3. The van der Waals surface area contributed by atoms with Crippen molar-refractivity contribution in [2.45, 2.75) is 26.8 Å².